The van der Waals surface area contributed by atoms with E-state index >= 15 is 0 Å². The quantitative estimate of drug-likeness (QED) is 0.755. The molecule has 1 aliphatic carbocycles. The molecule has 3 rings (SSSR count). The number of nitrogens with one attached hydrogen (secondary N) is 2. The third-order valence-electron chi connectivity index (χ3n) is 3.27. The molecule has 0 amide bonds. The Bertz CT molecular complexity index is 682. The number of benzene rings is 1. The van der Waals surface area contributed by atoms with Crippen molar-refractivity contribution in [1.29, 1.82) is 0 Å². The first-order chi connectivity index (χ1) is 9.08. The molecule has 19 heavy (non-hydrogen) atoms. The van der Waals surface area contributed by atoms with E-state index in [0.29, 0.717) is 6.42 Å². The summed E-state index contributed by atoms with van der Waals surface area (Å²) in [5.74, 6) is 0. The lowest BCUT2D eigenvalue weighted by molar-refractivity contribution is 0.151. The number of sulfonamides is 1. The van der Waals surface area contributed by atoms with Crippen molar-refractivity contribution in [3.05, 3.63) is 47.8 Å². The molecule has 0 aliphatic heterocycles. The third kappa shape index (κ3) is 2.16. The Labute approximate surface area is 110 Å². The topological polar surface area (TPSA) is 95.1 Å². The molecule has 100 valence electrons. The van der Waals surface area contributed by atoms with Crippen molar-refractivity contribution in [3.63, 3.8) is 0 Å². The van der Waals surface area contributed by atoms with Crippen molar-refractivity contribution >= 4 is 10.0 Å². The number of hydrogen-bond acceptors (Lipinski definition) is 4. The van der Waals surface area contributed by atoms with Crippen molar-refractivity contribution in [2.45, 2.75) is 23.5 Å². The Morgan fingerprint density at radius 1 is 1.37 bits per heavy atom. The van der Waals surface area contributed by atoms with Gasteiger partial charge in [0.15, 0.2) is 0 Å². The molecule has 1 aromatic heterocycles. The van der Waals surface area contributed by atoms with Gasteiger partial charge in [-0.05, 0) is 11.1 Å². The Morgan fingerprint density at radius 2 is 2.16 bits per heavy atom. The van der Waals surface area contributed by atoms with Crippen LogP contribution in [0.25, 0.3) is 0 Å². The highest BCUT2D eigenvalue weighted by Crippen LogP contribution is 2.32. The number of fused-ring (bicyclic) bond motifs is 1. The Kier molecular flexibility index (Phi) is 2.89. The summed E-state index contributed by atoms with van der Waals surface area (Å²) in [6.07, 6.45) is 2.24. The molecule has 0 unspecified atom stereocenters. The van der Waals surface area contributed by atoms with Gasteiger partial charge in [0.2, 0.25) is 10.0 Å². The number of aromatic nitrogens is 2. The first kappa shape index (κ1) is 12.3. The van der Waals surface area contributed by atoms with Gasteiger partial charge in [-0.2, -0.15) is 5.10 Å². The van der Waals surface area contributed by atoms with Gasteiger partial charge in [-0.3, -0.25) is 5.10 Å². The molecule has 1 aromatic carbocycles. The first-order valence-electron chi connectivity index (χ1n) is 5.85. The highest BCUT2D eigenvalue weighted by molar-refractivity contribution is 7.89. The molecule has 1 heterocycles. The number of aliphatic hydroxyl groups is 1. The molecular weight excluding hydrogens is 266 g/mol. The van der Waals surface area contributed by atoms with E-state index in [-0.39, 0.29) is 4.90 Å². The van der Waals surface area contributed by atoms with E-state index in [1.54, 1.807) is 0 Å². The molecule has 6 nitrogen and oxygen atoms in total. The summed E-state index contributed by atoms with van der Waals surface area (Å²) in [4.78, 5) is 0.0593. The van der Waals surface area contributed by atoms with E-state index in [2.05, 4.69) is 14.9 Å². The van der Waals surface area contributed by atoms with Crippen LogP contribution in [0.3, 0.4) is 0 Å². The van der Waals surface area contributed by atoms with Crippen LogP contribution in [-0.2, 0) is 16.4 Å². The summed E-state index contributed by atoms with van der Waals surface area (Å²) in [6.45, 7) is 0. The summed E-state index contributed by atoms with van der Waals surface area (Å²) in [6, 6.07) is 6.81. The molecule has 0 saturated carbocycles. The molecule has 2 aromatic rings. The molecule has 0 saturated heterocycles. The lowest BCUT2D eigenvalue weighted by atomic mass is 10.1. The standard InChI is InChI=1S/C12H13N3O3S/c16-11-5-8-3-1-2-4-10(8)12(11)15-19(17,18)9-6-13-14-7-9/h1-4,6-7,11-12,15-16H,5H2,(H,13,14)/t11-,12+/m1/s1. The van der Waals surface area contributed by atoms with Gasteiger partial charge in [0.05, 0.1) is 18.3 Å². The second-order valence-electron chi connectivity index (χ2n) is 4.50. The Hall–Kier alpha value is -1.70. The predicted molar refractivity (Wildman–Crippen MR) is 67.8 cm³/mol. The number of aromatic amines is 1. The van der Waals surface area contributed by atoms with Crippen LogP contribution in [-0.4, -0.2) is 29.8 Å². The van der Waals surface area contributed by atoms with Gasteiger partial charge in [0.1, 0.15) is 4.90 Å². The monoisotopic (exact) mass is 279 g/mol. The largest absolute Gasteiger partial charge is 0.391 e. The second-order valence-corrected chi connectivity index (χ2v) is 6.22. The minimum Gasteiger partial charge on any atom is -0.391 e. The van der Waals surface area contributed by atoms with Crippen LogP contribution in [0, 0.1) is 0 Å². The van der Waals surface area contributed by atoms with Gasteiger partial charge in [0, 0.05) is 12.6 Å². The molecule has 2 atom stereocenters. The van der Waals surface area contributed by atoms with Gasteiger partial charge in [-0.15, -0.1) is 0 Å². The van der Waals surface area contributed by atoms with Crippen molar-refractivity contribution in [1.82, 2.24) is 14.9 Å². The van der Waals surface area contributed by atoms with Crippen molar-refractivity contribution in [2.75, 3.05) is 0 Å². The average molecular weight is 279 g/mol. The summed E-state index contributed by atoms with van der Waals surface area (Å²) >= 11 is 0. The molecular formula is C12H13N3O3S. The highest BCUT2D eigenvalue weighted by atomic mass is 32.2. The van der Waals surface area contributed by atoms with E-state index in [1.165, 1.54) is 12.4 Å². The lowest BCUT2D eigenvalue weighted by Gasteiger charge is -2.17. The molecule has 0 bridgehead atoms. The van der Waals surface area contributed by atoms with Crippen molar-refractivity contribution in [3.8, 4) is 0 Å². The van der Waals surface area contributed by atoms with Crippen LogP contribution in [0.4, 0.5) is 0 Å². The zero-order valence-corrected chi connectivity index (χ0v) is 10.8. The fourth-order valence-corrected chi connectivity index (χ4v) is 3.49. The highest BCUT2D eigenvalue weighted by Gasteiger charge is 2.34. The second kappa shape index (κ2) is 4.44. The summed E-state index contributed by atoms with van der Waals surface area (Å²) < 4.78 is 26.8. The fraction of sp³-hybridized carbons (Fsp3) is 0.250. The Morgan fingerprint density at radius 3 is 2.89 bits per heavy atom. The van der Waals surface area contributed by atoms with Crippen LogP contribution < -0.4 is 4.72 Å². The van der Waals surface area contributed by atoms with Crippen LogP contribution in [0.2, 0.25) is 0 Å². The zero-order valence-electron chi connectivity index (χ0n) is 9.95. The SMILES string of the molecule is O=S(=O)(N[C@H]1c2ccccc2C[C@H]1O)c1cn[nH]c1. The van der Waals surface area contributed by atoms with Gasteiger partial charge >= 0.3 is 0 Å². The minimum absolute atomic E-state index is 0.0593. The molecule has 0 radical (unpaired) electrons. The predicted octanol–water partition coefficient (Wildman–Crippen LogP) is 0.346. The summed E-state index contributed by atoms with van der Waals surface area (Å²) in [7, 11) is -3.68. The van der Waals surface area contributed by atoms with E-state index < -0.39 is 22.2 Å². The van der Waals surface area contributed by atoms with E-state index in [4.69, 9.17) is 0 Å². The molecule has 0 spiro atoms. The maximum Gasteiger partial charge on any atom is 0.244 e. The van der Waals surface area contributed by atoms with Crippen molar-refractivity contribution < 1.29 is 13.5 Å². The molecule has 7 heteroatoms. The average Bonchev–Trinajstić information content (AvgIpc) is 2.99. The van der Waals surface area contributed by atoms with Gasteiger partial charge < -0.3 is 5.11 Å². The molecule has 3 N–H and O–H groups in total. The molecule has 1 aliphatic rings. The number of nitrogens with zero attached hydrogens (tertiary/aromatic N) is 1. The van der Waals surface area contributed by atoms with E-state index in [1.807, 2.05) is 24.3 Å². The van der Waals surface area contributed by atoms with E-state index in [9.17, 15) is 13.5 Å². The number of H-pyrrole nitrogens is 1. The third-order valence-corrected chi connectivity index (χ3v) is 4.68. The Balaban J connectivity index is 1.92. The number of hydrogen-bond donors (Lipinski definition) is 3. The fourth-order valence-electron chi connectivity index (χ4n) is 2.34. The smallest absolute Gasteiger partial charge is 0.244 e. The minimum atomic E-state index is -3.68. The van der Waals surface area contributed by atoms with Crippen LogP contribution in [0.5, 0.6) is 0 Å². The number of rotatable bonds is 3. The van der Waals surface area contributed by atoms with Gasteiger partial charge in [-0.1, -0.05) is 24.3 Å². The summed E-state index contributed by atoms with van der Waals surface area (Å²) in [5.41, 5.74) is 1.79. The van der Waals surface area contributed by atoms with Crippen LogP contribution in [0.1, 0.15) is 17.2 Å². The summed E-state index contributed by atoms with van der Waals surface area (Å²) in [5, 5.41) is 16.1. The maximum absolute atomic E-state index is 12.1. The maximum atomic E-state index is 12.1. The van der Waals surface area contributed by atoms with E-state index in [0.717, 1.165) is 11.1 Å². The van der Waals surface area contributed by atoms with Crippen LogP contribution >= 0.6 is 0 Å². The van der Waals surface area contributed by atoms with Gasteiger partial charge in [0.25, 0.3) is 0 Å². The number of aliphatic hydroxyl groups excluding tert-OH is 1. The zero-order chi connectivity index (χ0) is 13.5. The van der Waals surface area contributed by atoms with Gasteiger partial charge in [-0.25, -0.2) is 13.1 Å². The lowest BCUT2D eigenvalue weighted by Crippen LogP contribution is -2.33. The molecule has 0 fully saturated rings. The van der Waals surface area contributed by atoms with Crippen molar-refractivity contribution in [2.24, 2.45) is 0 Å². The first-order valence-corrected chi connectivity index (χ1v) is 7.33. The van der Waals surface area contributed by atoms with Crippen LogP contribution in [0.15, 0.2) is 41.6 Å². The normalized spacial score (nSPS) is 22.4.